The number of carbonyl (C=O) groups excluding carboxylic acids is 1. The number of halogens is 1. The summed E-state index contributed by atoms with van der Waals surface area (Å²) in [7, 11) is 0. The third-order valence-electron chi connectivity index (χ3n) is 4.85. The first-order valence-corrected chi connectivity index (χ1v) is 11.1. The van der Waals surface area contributed by atoms with E-state index in [-0.39, 0.29) is 11.7 Å². The second-order valence-corrected chi connectivity index (χ2v) is 8.50. The van der Waals surface area contributed by atoms with Gasteiger partial charge >= 0.3 is 0 Å². The Balaban J connectivity index is 1.34. The Hall–Kier alpha value is -3.17. The lowest BCUT2D eigenvalue weighted by molar-refractivity contribution is -0.113. The first kappa shape index (κ1) is 19.8. The average Bonchev–Trinajstić information content (AvgIpc) is 3.31. The zero-order chi connectivity index (χ0) is 21.2. The number of para-hydroxylation sites is 1. The highest BCUT2D eigenvalue weighted by molar-refractivity contribution is 7.99. The van der Waals surface area contributed by atoms with Gasteiger partial charge in [-0.1, -0.05) is 41.6 Å². The van der Waals surface area contributed by atoms with Gasteiger partial charge in [0.05, 0.1) is 17.1 Å². The molecule has 8 nitrogen and oxygen atoms in total. The predicted octanol–water partition coefficient (Wildman–Crippen LogP) is 4.11. The average molecular weight is 452 g/mol. The standard InChI is InChI=1S/C21H18ClN7OS/c22-15-8-9-18(28-13-23-12-24-28)17(10-15)25-19(30)11-31-21-27-26-20(14-6-7-14)29(21)16-4-2-1-3-5-16/h1-5,8-10,12-14H,6-7,11H2,(H,25,30). The van der Waals surface area contributed by atoms with Gasteiger partial charge in [-0.3, -0.25) is 9.36 Å². The van der Waals surface area contributed by atoms with Crippen LogP contribution in [0.2, 0.25) is 5.02 Å². The van der Waals surface area contributed by atoms with E-state index in [1.54, 1.807) is 29.2 Å². The smallest absolute Gasteiger partial charge is 0.234 e. The third-order valence-corrected chi connectivity index (χ3v) is 6.01. The normalized spacial score (nSPS) is 13.3. The Kier molecular flexibility index (Phi) is 5.44. The number of amides is 1. The highest BCUT2D eigenvalue weighted by Gasteiger charge is 2.31. The SMILES string of the molecule is O=C(CSc1nnc(C2CC2)n1-c1ccccc1)Nc1cc(Cl)ccc1-n1cncn1. The zero-order valence-corrected chi connectivity index (χ0v) is 17.9. The van der Waals surface area contributed by atoms with Gasteiger partial charge in [-0.05, 0) is 43.2 Å². The summed E-state index contributed by atoms with van der Waals surface area (Å²) in [4.78, 5) is 16.7. The molecule has 1 fully saturated rings. The molecule has 2 aromatic carbocycles. The molecule has 5 rings (SSSR count). The molecule has 2 aromatic heterocycles. The fourth-order valence-electron chi connectivity index (χ4n) is 3.26. The molecule has 0 aliphatic heterocycles. The summed E-state index contributed by atoms with van der Waals surface area (Å²) in [6.45, 7) is 0. The van der Waals surface area contributed by atoms with Crippen LogP contribution in [-0.4, -0.2) is 41.2 Å². The topological polar surface area (TPSA) is 90.5 Å². The number of aromatic nitrogens is 6. The maximum absolute atomic E-state index is 12.7. The van der Waals surface area contributed by atoms with E-state index >= 15 is 0 Å². The molecule has 0 atom stereocenters. The molecule has 31 heavy (non-hydrogen) atoms. The second kappa shape index (κ2) is 8.52. The summed E-state index contributed by atoms with van der Waals surface area (Å²) in [6.07, 6.45) is 5.24. The van der Waals surface area contributed by atoms with Crippen molar-refractivity contribution in [2.24, 2.45) is 0 Å². The molecular weight excluding hydrogens is 434 g/mol. The number of hydrogen-bond acceptors (Lipinski definition) is 6. The lowest BCUT2D eigenvalue weighted by Crippen LogP contribution is -2.16. The Bertz CT molecular complexity index is 1210. The van der Waals surface area contributed by atoms with Gasteiger partial charge in [-0.2, -0.15) is 5.10 Å². The van der Waals surface area contributed by atoms with Gasteiger partial charge in [0.25, 0.3) is 0 Å². The van der Waals surface area contributed by atoms with E-state index in [1.165, 1.54) is 18.1 Å². The van der Waals surface area contributed by atoms with Crippen LogP contribution in [0.25, 0.3) is 11.4 Å². The number of benzene rings is 2. The van der Waals surface area contributed by atoms with Gasteiger partial charge in [-0.25, -0.2) is 9.67 Å². The molecule has 0 radical (unpaired) electrons. The number of carbonyl (C=O) groups is 1. The molecule has 2 heterocycles. The lowest BCUT2D eigenvalue weighted by atomic mass is 10.2. The minimum Gasteiger partial charge on any atom is -0.323 e. The highest BCUT2D eigenvalue weighted by atomic mass is 35.5. The molecule has 1 N–H and O–H groups in total. The van der Waals surface area contributed by atoms with E-state index in [4.69, 9.17) is 11.6 Å². The van der Waals surface area contributed by atoms with E-state index in [2.05, 4.69) is 30.2 Å². The van der Waals surface area contributed by atoms with E-state index in [1.807, 2.05) is 30.3 Å². The lowest BCUT2D eigenvalue weighted by Gasteiger charge is -2.12. The molecule has 1 aliphatic rings. The van der Waals surface area contributed by atoms with Crippen molar-refractivity contribution in [2.75, 3.05) is 11.1 Å². The summed E-state index contributed by atoms with van der Waals surface area (Å²) in [5.41, 5.74) is 2.25. The van der Waals surface area contributed by atoms with Crippen LogP contribution in [0.15, 0.2) is 66.3 Å². The molecule has 0 spiro atoms. The Labute approximate surface area is 187 Å². The van der Waals surface area contributed by atoms with Crippen LogP contribution in [-0.2, 0) is 4.79 Å². The minimum absolute atomic E-state index is 0.177. The molecule has 4 aromatic rings. The quantitative estimate of drug-likeness (QED) is 0.425. The van der Waals surface area contributed by atoms with E-state index in [9.17, 15) is 4.79 Å². The summed E-state index contributed by atoms with van der Waals surface area (Å²) in [5.74, 6) is 1.40. The molecule has 0 unspecified atom stereocenters. The van der Waals surface area contributed by atoms with Crippen molar-refractivity contribution in [3.05, 3.63) is 72.0 Å². The number of hydrogen-bond donors (Lipinski definition) is 1. The summed E-state index contributed by atoms with van der Waals surface area (Å²) < 4.78 is 3.63. The first-order chi connectivity index (χ1) is 15.2. The monoisotopic (exact) mass is 451 g/mol. The summed E-state index contributed by atoms with van der Waals surface area (Å²) in [5, 5.41) is 17.0. The molecular formula is C21H18ClN7OS. The van der Waals surface area contributed by atoms with Crippen molar-refractivity contribution in [3.8, 4) is 11.4 Å². The van der Waals surface area contributed by atoms with Gasteiger partial charge in [0.15, 0.2) is 5.16 Å². The highest BCUT2D eigenvalue weighted by Crippen LogP contribution is 2.41. The Morgan fingerprint density at radius 1 is 1.16 bits per heavy atom. The van der Waals surface area contributed by atoms with Crippen LogP contribution in [0, 0.1) is 0 Å². The third kappa shape index (κ3) is 4.33. The van der Waals surface area contributed by atoms with Crippen molar-refractivity contribution < 1.29 is 4.79 Å². The van der Waals surface area contributed by atoms with Crippen molar-refractivity contribution in [1.82, 2.24) is 29.5 Å². The van der Waals surface area contributed by atoms with Crippen molar-refractivity contribution in [2.45, 2.75) is 23.9 Å². The molecule has 1 aliphatic carbocycles. The minimum atomic E-state index is -0.177. The maximum Gasteiger partial charge on any atom is 0.234 e. The molecule has 0 bridgehead atoms. The molecule has 0 saturated heterocycles. The van der Waals surface area contributed by atoms with Gasteiger partial charge in [-0.15, -0.1) is 10.2 Å². The van der Waals surface area contributed by atoms with Crippen molar-refractivity contribution >= 4 is 35.0 Å². The van der Waals surface area contributed by atoms with Crippen LogP contribution in [0.5, 0.6) is 0 Å². The number of nitrogens with zero attached hydrogens (tertiary/aromatic N) is 6. The first-order valence-electron chi connectivity index (χ1n) is 9.77. The van der Waals surface area contributed by atoms with E-state index < -0.39 is 0 Å². The Morgan fingerprint density at radius 2 is 2.00 bits per heavy atom. The molecule has 10 heteroatoms. The van der Waals surface area contributed by atoms with Gasteiger partial charge < -0.3 is 5.32 Å². The van der Waals surface area contributed by atoms with Gasteiger partial charge in [0.2, 0.25) is 5.91 Å². The Morgan fingerprint density at radius 3 is 2.74 bits per heavy atom. The maximum atomic E-state index is 12.7. The summed E-state index contributed by atoms with van der Waals surface area (Å²) >= 11 is 7.49. The van der Waals surface area contributed by atoms with Crippen LogP contribution in [0.4, 0.5) is 5.69 Å². The van der Waals surface area contributed by atoms with E-state index in [0.29, 0.717) is 27.5 Å². The van der Waals surface area contributed by atoms with Crippen LogP contribution in [0.3, 0.4) is 0 Å². The van der Waals surface area contributed by atoms with Crippen LogP contribution < -0.4 is 5.32 Å². The number of anilines is 1. The van der Waals surface area contributed by atoms with Gasteiger partial charge in [0, 0.05) is 16.6 Å². The molecule has 156 valence electrons. The van der Waals surface area contributed by atoms with Gasteiger partial charge in [0.1, 0.15) is 18.5 Å². The zero-order valence-electron chi connectivity index (χ0n) is 16.3. The molecule has 1 saturated carbocycles. The van der Waals surface area contributed by atoms with Crippen molar-refractivity contribution in [1.29, 1.82) is 0 Å². The number of rotatable bonds is 7. The fraction of sp³-hybridized carbons (Fsp3) is 0.190. The number of nitrogens with one attached hydrogen (secondary N) is 1. The van der Waals surface area contributed by atoms with Crippen LogP contribution in [0.1, 0.15) is 24.6 Å². The molecule has 1 amide bonds. The second-order valence-electron chi connectivity index (χ2n) is 7.12. The number of thioether (sulfide) groups is 1. The van der Waals surface area contributed by atoms with Crippen LogP contribution >= 0.6 is 23.4 Å². The van der Waals surface area contributed by atoms with Crippen molar-refractivity contribution in [3.63, 3.8) is 0 Å². The van der Waals surface area contributed by atoms with E-state index in [0.717, 1.165) is 24.4 Å². The largest absolute Gasteiger partial charge is 0.323 e. The summed E-state index contributed by atoms with van der Waals surface area (Å²) in [6, 6.07) is 15.2. The predicted molar refractivity (Wildman–Crippen MR) is 119 cm³/mol. The fourth-order valence-corrected chi connectivity index (χ4v) is 4.19.